The SMILES string of the molecule is Cc1ccc(S(=O)(=O)N(C)c2cc(-c3ccccc3)sc2C(=O)O)c(C)c1Cl. The summed E-state index contributed by atoms with van der Waals surface area (Å²) in [5, 5.41) is 9.99. The zero-order chi connectivity index (χ0) is 20.6. The maximum Gasteiger partial charge on any atom is 0.348 e. The largest absolute Gasteiger partial charge is 0.477 e. The van der Waals surface area contributed by atoms with Crippen molar-refractivity contribution >= 4 is 44.6 Å². The molecule has 1 N–H and O–H groups in total. The molecular formula is C20H18ClNO4S2. The normalized spacial score (nSPS) is 11.4. The molecule has 0 aliphatic carbocycles. The number of aryl methyl sites for hydroxylation is 1. The van der Waals surface area contributed by atoms with Gasteiger partial charge in [0.1, 0.15) is 4.88 Å². The second-order valence-corrected chi connectivity index (χ2v) is 9.66. The van der Waals surface area contributed by atoms with E-state index in [4.69, 9.17) is 11.6 Å². The Morgan fingerprint density at radius 3 is 2.36 bits per heavy atom. The van der Waals surface area contributed by atoms with Gasteiger partial charge in [0.25, 0.3) is 10.0 Å². The summed E-state index contributed by atoms with van der Waals surface area (Å²) >= 11 is 7.27. The molecule has 3 rings (SSSR count). The molecule has 146 valence electrons. The highest BCUT2D eigenvalue weighted by molar-refractivity contribution is 7.92. The van der Waals surface area contributed by atoms with Crippen molar-refractivity contribution in [2.45, 2.75) is 18.7 Å². The van der Waals surface area contributed by atoms with E-state index < -0.39 is 16.0 Å². The number of hydrogen-bond acceptors (Lipinski definition) is 4. The van der Waals surface area contributed by atoms with E-state index in [9.17, 15) is 18.3 Å². The Morgan fingerprint density at radius 1 is 1.11 bits per heavy atom. The fraction of sp³-hybridized carbons (Fsp3) is 0.150. The van der Waals surface area contributed by atoms with E-state index in [0.29, 0.717) is 15.5 Å². The molecular weight excluding hydrogens is 418 g/mol. The van der Waals surface area contributed by atoms with Gasteiger partial charge in [0, 0.05) is 16.9 Å². The highest BCUT2D eigenvalue weighted by Gasteiger charge is 2.29. The van der Waals surface area contributed by atoms with Crippen LogP contribution >= 0.6 is 22.9 Å². The standard InChI is InChI=1S/C20H18ClNO4S2/c1-12-9-10-17(13(2)18(12)21)28(25,26)22(3)15-11-16(27-19(15)20(23)24)14-7-5-4-6-8-14/h4-11H,1-3H3,(H,23,24). The molecule has 5 nitrogen and oxygen atoms in total. The van der Waals surface area contributed by atoms with Gasteiger partial charge in [-0.25, -0.2) is 13.2 Å². The number of thiophene rings is 1. The molecule has 2 aromatic carbocycles. The lowest BCUT2D eigenvalue weighted by Gasteiger charge is -2.21. The van der Waals surface area contributed by atoms with E-state index >= 15 is 0 Å². The summed E-state index contributed by atoms with van der Waals surface area (Å²) in [5.74, 6) is -1.18. The number of anilines is 1. The van der Waals surface area contributed by atoms with E-state index in [1.807, 2.05) is 30.3 Å². The monoisotopic (exact) mass is 435 g/mol. The third-order valence-electron chi connectivity index (χ3n) is 4.47. The maximum absolute atomic E-state index is 13.2. The quantitative estimate of drug-likeness (QED) is 0.597. The van der Waals surface area contributed by atoms with Crippen LogP contribution in [-0.4, -0.2) is 26.5 Å². The lowest BCUT2D eigenvalue weighted by atomic mass is 10.1. The second-order valence-electron chi connectivity index (χ2n) is 6.29. The molecule has 0 radical (unpaired) electrons. The molecule has 8 heteroatoms. The maximum atomic E-state index is 13.2. The van der Waals surface area contributed by atoms with Gasteiger partial charge in [0.05, 0.1) is 10.6 Å². The molecule has 0 saturated carbocycles. The van der Waals surface area contributed by atoms with Crippen LogP contribution in [0.5, 0.6) is 0 Å². The summed E-state index contributed by atoms with van der Waals surface area (Å²) in [6.07, 6.45) is 0. The Bertz CT molecular complexity index is 1150. The van der Waals surface area contributed by atoms with E-state index in [1.54, 1.807) is 26.0 Å². The number of sulfonamides is 1. The number of nitrogens with zero attached hydrogens (tertiary/aromatic N) is 1. The first-order chi connectivity index (χ1) is 13.1. The van der Waals surface area contributed by atoms with Crippen molar-refractivity contribution in [3.05, 3.63) is 69.6 Å². The minimum absolute atomic E-state index is 0.0409. The van der Waals surface area contributed by atoms with E-state index in [1.165, 1.54) is 13.1 Å². The number of carbonyl (C=O) groups is 1. The smallest absolute Gasteiger partial charge is 0.348 e. The Labute approximate surface area is 172 Å². The van der Waals surface area contributed by atoms with Gasteiger partial charge in [-0.15, -0.1) is 11.3 Å². The van der Waals surface area contributed by atoms with E-state index in [-0.39, 0.29) is 15.5 Å². The topological polar surface area (TPSA) is 74.7 Å². The fourth-order valence-electron chi connectivity index (χ4n) is 2.87. The first-order valence-electron chi connectivity index (χ1n) is 8.31. The van der Waals surface area contributed by atoms with Crippen molar-refractivity contribution in [2.24, 2.45) is 0 Å². The molecule has 0 aliphatic heterocycles. The van der Waals surface area contributed by atoms with E-state index in [0.717, 1.165) is 26.8 Å². The number of carboxylic acids is 1. The summed E-state index contributed by atoms with van der Waals surface area (Å²) in [7, 11) is -2.64. The van der Waals surface area contributed by atoms with Crippen LogP contribution in [0.4, 0.5) is 5.69 Å². The average molecular weight is 436 g/mol. The summed E-state index contributed by atoms with van der Waals surface area (Å²) in [6.45, 7) is 3.43. The van der Waals surface area contributed by atoms with Crippen molar-refractivity contribution in [2.75, 3.05) is 11.4 Å². The van der Waals surface area contributed by atoms with Crippen LogP contribution in [0.15, 0.2) is 53.4 Å². The van der Waals surface area contributed by atoms with Crippen molar-refractivity contribution in [3.63, 3.8) is 0 Å². The number of rotatable bonds is 5. The first-order valence-corrected chi connectivity index (χ1v) is 10.9. The Kier molecular flexibility index (Phi) is 5.52. The molecule has 0 atom stereocenters. The number of benzene rings is 2. The third kappa shape index (κ3) is 3.53. The summed E-state index contributed by atoms with van der Waals surface area (Å²) in [5.41, 5.74) is 2.15. The van der Waals surface area contributed by atoms with Gasteiger partial charge in [0.15, 0.2) is 0 Å². The van der Waals surface area contributed by atoms with Crippen molar-refractivity contribution in [1.29, 1.82) is 0 Å². The van der Waals surface area contributed by atoms with Gasteiger partial charge in [-0.1, -0.05) is 48.0 Å². The molecule has 0 amide bonds. The number of carboxylic acid groups (broad SMARTS) is 1. The molecule has 0 fully saturated rings. The molecule has 28 heavy (non-hydrogen) atoms. The van der Waals surface area contributed by atoms with Gasteiger partial charge < -0.3 is 5.11 Å². The number of aromatic carboxylic acids is 1. The minimum Gasteiger partial charge on any atom is -0.477 e. The Morgan fingerprint density at radius 2 is 1.75 bits per heavy atom. The zero-order valence-electron chi connectivity index (χ0n) is 15.4. The molecule has 0 saturated heterocycles. The van der Waals surface area contributed by atoms with Crippen LogP contribution < -0.4 is 4.31 Å². The third-order valence-corrected chi connectivity index (χ3v) is 8.13. The highest BCUT2D eigenvalue weighted by Crippen LogP contribution is 2.39. The van der Waals surface area contributed by atoms with Gasteiger partial charge in [0.2, 0.25) is 0 Å². The highest BCUT2D eigenvalue weighted by atomic mass is 35.5. The number of halogens is 1. The predicted molar refractivity (Wildman–Crippen MR) is 113 cm³/mol. The van der Waals surface area contributed by atoms with Crippen LogP contribution in [0.1, 0.15) is 20.8 Å². The summed E-state index contributed by atoms with van der Waals surface area (Å²) < 4.78 is 27.4. The van der Waals surface area contributed by atoms with Gasteiger partial charge in [-0.2, -0.15) is 0 Å². The predicted octanol–water partition coefficient (Wildman–Crippen LogP) is 5.21. The molecule has 0 bridgehead atoms. The van der Waals surface area contributed by atoms with Crippen LogP contribution in [0.25, 0.3) is 10.4 Å². The molecule has 3 aromatic rings. The summed E-state index contributed by atoms with van der Waals surface area (Å²) in [6, 6.07) is 14.0. The Balaban J connectivity index is 2.14. The van der Waals surface area contributed by atoms with E-state index in [2.05, 4.69) is 0 Å². The van der Waals surface area contributed by atoms with Crippen LogP contribution in [0.3, 0.4) is 0 Å². The molecule has 1 heterocycles. The first kappa shape index (κ1) is 20.4. The van der Waals surface area contributed by atoms with Gasteiger partial charge in [-0.05, 0) is 42.7 Å². The molecule has 0 aliphatic rings. The minimum atomic E-state index is -3.99. The van der Waals surface area contributed by atoms with Gasteiger partial charge in [-0.3, -0.25) is 4.31 Å². The fourth-order valence-corrected chi connectivity index (χ4v) is 5.61. The van der Waals surface area contributed by atoms with Crippen LogP contribution in [0, 0.1) is 13.8 Å². The molecule has 1 aromatic heterocycles. The van der Waals surface area contributed by atoms with Gasteiger partial charge >= 0.3 is 5.97 Å². The lowest BCUT2D eigenvalue weighted by molar-refractivity contribution is 0.0703. The lowest BCUT2D eigenvalue weighted by Crippen LogP contribution is -2.28. The van der Waals surface area contributed by atoms with Crippen LogP contribution in [-0.2, 0) is 10.0 Å². The zero-order valence-corrected chi connectivity index (χ0v) is 17.8. The molecule has 0 unspecified atom stereocenters. The Hall–Kier alpha value is -2.35. The van der Waals surface area contributed by atoms with Crippen LogP contribution in [0.2, 0.25) is 5.02 Å². The van der Waals surface area contributed by atoms with Crippen molar-refractivity contribution < 1.29 is 18.3 Å². The summed E-state index contributed by atoms with van der Waals surface area (Å²) in [4.78, 5) is 12.5. The van der Waals surface area contributed by atoms with Crippen molar-refractivity contribution in [3.8, 4) is 10.4 Å². The molecule has 0 spiro atoms. The van der Waals surface area contributed by atoms with Crippen molar-refractivity contribution in [1.82, 2.24) is 0 Å². The average Bonchev–Trinajstić information content (AvgIpc) is 3.11. The number of hydrogen-bond donors (Lipinski definition) is 1. The second kappa shape index (κ2) is 7.58.